The van der Waals surface area contributed by atoms with Gasteiger partial charge in [0.1, 0.15) is 42.6 Å². The summed E-state index contributed by atoms with van der Waals surface area (Å²) in [5.41, 5.74) is 3.47. The summed E-state index contributed by atoms with van der Waals surface area (Å²) in [6.07, 6.45) is 4.55. The molecule has 2 aromatic carbocycles. The lowest BCUT2D eigenvalue weighted by atomic mass is 10.0. The minimum Gasteiger partial charge on any atom is -0.480 e. The van der Waals surface area contributed by atoms with Crippen molar-refractivity contribution in [3.05, 3.63) is 71.8 Å². The van der Waals surface area contributed by atoms with E-state index in [1.54, 1.807) is 14.7 Å². The number of fused-ring (bicyclic) bond motifs is 4. The quantitative estimate of drug-likeness (QED) is 0.233. The van der Waals surface area contributed by atoms with Crippen LogP contribution < -0.4 is 11.4 Å². The summed E-state index contributed by atoms with van der Waals surface area (Å²) in [6, 6.07) is 17.2. The van der Waals surface area contributed by atoms with E-state index in [1.165, 1.54) is 15.0 Å². The Morgan fingerprint density at radius 3 is 1.51 bits per heavy atom. The van der Waals surface area contributed by atoms with E-state index in [2.05, 4.69) is 5.48 Å². The number of hydroxylamine groups is 5. The third kappa shape index (κ3) is 14.9. The molecule has 6 heterocycles. The average molecular weight is 967 g/mol. The van der Waals surface area contributed by atoms with Gasteiger partial charge in [-0.3, -0.25) is 24.1 Å². The molecule has 4 bridgehead atoms. The van der Waals surface area contributed by atoms with Gasteiger partial charge in [0.05, 0.1) is 31.3 Å². The summed E-state index contributed by atoms with van der Waals surface area (Å²) in [5, 5.41) is 11.9. The van der Waals surface area contributed by atoms with E-state index in [-0.39, 0.29) is 54.4 Å². The summed E-state index contributed by atoms with van der Waals surface area (Å²) < 4.78 is 10.7. The molecule has 8 rings (SSSR count). The molecular weight excluding hydrogens is 897 g/mol. The predicted octanol–water partition coefficient (Wildman–Crippen LogP) is 5.58. The fraction of sp³-hybridized carbons (Fsp3) is 0.625. The molecule has 380 valence electrons. The summed E-state index contributed by atoms with van der Waals surface area (Å²) in [7, 11) is 0. The Kier molecular flexibility index (Phi) is 18.1. The maximum Gasteiger partial charge on any atom is 0.410 e. The van der Waals surface area contributed by atoms with Crippen LogP contribution >= 0.6 is 0 Å². The average Bonchev–Trinajstić information content (AvgIpc) is 3.70. The van der Waals surface area contributed by atoms with Crippen LogP contribution in [0.5, 0.6) is 0 Å². The van der Waals surface area contributed by atoms with Crippen LogP contribution in [-0.4, -0.2) is 158 Å². The second-order valence-corrected chi connectivity index (χ2v) is 20.0. The topological polar surface area (TPSA) is 236 Å². The Labute approximate surface area is 403 Å². The third-order valence-corrected chi connectivity index (χ3v) is 12.2. The number of urea groups is 2. The number of carbonyl (C=O) groups is 6. The fourth-order valence-corrected chi connectivity index (χ4v) is 8.84. The lowest BCUT2D eigenvalue weighted by molar-refractivity contribution is -0.146. The number of piperidine rings is 4. The molecule has 6 aliphatic rings. The largest absolute Gasteiger partial charge is 0.480 e. The molecule has 6 saturated heterocycles. The van der Waals surface area contributed by atoms with Gasteiger partial charge in [-0.15, -0.1) is 0 Å². The van der Waals surface area contributed by atoms with E-state index >= 15 is 0 Å². The molecule has 0 unspecified atom stereocenters. The van der Waals surface area contributed by atoms with Crippen molar-refractivity contribution in [2.24, 2.45) is 5.90 Å². The first kappa shape index (κ1) is 52.6. The van der Waals surface area contributed by atoms with Gasteiger partial charge in [0.2, 0.25) is 0 Å². The van der Waals surface area contributed by atoms with E-state index in [1.807, 2.05) is 102 Å². The van der Waals surface area contributed by atoms with Crippen molar-refractivity contribution in [3.63, 3.8) is 0 Å². The van der Waals surface area contributed by atoms with Gasteiger partial charge in [-0.2, -0.15) is 10.1 Å². The number of hydrogen-bond donors (Lipinski definition) is 3. The highest BCUT2D eigenvalue weighted by Gasteiger charge is 2.49. The molecule has 2 aromatic rings. The van der Waals surface area contributed by atoms with Crippen molar-refractivity contribution in [3.8, 4) is 0 Å². The first-order valence-corrected chi connectivity index (χ1v) is 23.8. The minimum absolute atomic E-state index is 0.0400. The van der Waals surface area contributed by atoms with Crippen LogP contribution in [0.1, 0.15) is 104 Å². The summed E-state index contributed by atoms with van der Waals surface area (Å²) in [6.45, 7) is 14.7. The highest BCUT2D eigenvalue weighted by atomic mass is 16.7. The first-order valence-electron chi connectivity index (χ1n) is 23.8. The molecule has 69 heavy (non-hydrogen) atoms. The standard InChI is InChI=1S/C24H34N4O6.C14H16N2O4.C10H20N2O3/c1-24(2,3)33-23(31)26-13-7-10-19(15-26)34-25-21(29)20-12-11-18-14-27(20)22(30)28(18)32-16-17-8-5-4-6-9-17;17-13(18)12-7-6-11-8-15(12)14(19)16(11)20-9-10-4-2-1-3-5-10;1-10(2,3)14-9(13)12-6-4-5-8(7-12)15-11/h4-6,8-9,18-20H,7,10-16H2,1-3H3,(H,25,29);1-5,11-12H,6-9H2,(H,17,18);8H,4-7,11H2,1-3H3/t18-,19+,20+;11-,12+;8-/m110/s1. The molecule has 0 radical (unpaired) electrons. The highest BCUT2D eigenvalue weighted by molar-refractivity contribution is 5.88. The molecule has 0 spiro atoms. The Balaban J connectivity index is 0.000000189. The predicted molar refractivity (Wildman–Crippen MR) is 248 cm³/mol. The van der Waals surface area contributed by atoms with Gasteiger partial charge in [0.25, 0.3) is 5.91 Å². The number of nitrogens with zero attached hydrogens (tertiary/aromatic N) is 6. The van der Waals surface area contributed by atoms with Gasteiger partial charge in [0.15, 0.2) is 0 Å². The van der Waals surface area contributed by atoms with Gasteiger partial charge in [-0.05, 0) is 104 Å². The first-order chi connectivity index (χ1) is 32.8. The molecule has 21 nitrogen and oxygen atoms in total. The maximum atomic E-state index is 12.9. The monoisotopic (exact) mass is 967 g/mol. The van der Waals surface area contributed by atoms with Crippen LogP contribution in [-0.2, 0) is 51.6 Å². The number of ether oxygens (including phenoxy) is 2. The molecule has 0 saturated carbocycles. The van der Waals surface area contributed by atoms with Gasteiger partial charge >= 0.3 is 30.2 Å². The van der Waals surface area contributed by atoms with Gasteiger partial charge in [-0.1, -0.05) is 60.7 Å². The van der Waals surface area contributed by atoms with Crippen molar-refractivity contribution in [2.75, 3.05) is 39.3 Å². The van der Waals surface area contributed by atoms with Crippen molar-refractivity contribution in [1.82, 2.24) is 35.2 Å². The Bertz CT molecular complexity index is 2050. The Hall–Kier alpha value is -5.74. The number of aliphatic carboxylic acids is 1. The number of amides is 7. The zero-order valence-corrected chi connectivity index (χ0v) is 40.7. The zero-order valence-electron chi connectivity index (χ0n) is 40.7. The lowest BCUT2D eigenvalue weighted by Crippen LogP contribution is -2.52. The Morgan fingerprint density at radius 2 is 1.06 bits per heavy atom. The molecular formula is C48H70N8O13. The molecule has 7 amide bonds. The van der Waals surface area contributed by atoms with E-state index in [0.29, 0.717) is 71.6 Å². The van der Waals surface area contributed by atoms with Gasteiger partial charge in [-0.25, -0.2) is 35.3 Å². The number of carboxylic acid groups (broad SMARTS) is 1. The fourth-order valence-electron chi connectivity index (χ4n) is 8.84. The van der Waals surface area contributed by atoms with Crippen molar-refractivity contribution in [2.45, 2.75) is 154 Å². The number of rotatable bonds is 11. The van der Waals surface area contributed by atoms with E-state index in [4.69, 9.17) is 39.8 Å². The van der Waals surface area contributed by atoms with Crippen LogP contribution in [0.4, 0.5) is 19.2 Å². The van der Waals surface area contributed by atoms with Crippen molar-refractivity contribution < 1.29 is 62.7 Å². The van der Waals surface area contributed by atoms with Crippen LogP contribution in [0.15, 0.2) is 60.7 Å². The number of hydrogen-bond acceptors (Lipinski definition) is 13. The molecule has 6 fully saturated rings. The number of carboxylic acids is 1. The summed E-state index contributed by atoms with van der Waals surface area (Å²) in [5.74, 6) is 3.82. The molecule has 21 heteroatoms. The highest BCUT2D eigenvalue weighted by Crippen LogP contribution is 2.32. The summed E-state index contributed by atoms with van der Waals surface area (Å²) >= 11 is 0. The number of likely N-dealkylation sites (tertiary alicyclic amines) is 2. The molecule has 6 aliphatic heterocycles. The molecule has 6 atom stereocenters. The number of carbonyl (C=O) groups excluding carboxylic acids is 5. The number of benzene rings is 2. The SMILES string of the molecule is CC(C)(C)OC(=O)N1CCC[C@H](ON)C1.CC(C)(C)OC(=O)N1CCC[C@H](ONC(=O)[C@@H]2CC[C@@H]3CN2C(=O)N3OCc2ccccc2)C1.O=C(O)[C@@H]1CC[C@@H]2CN1C(=O)N2OCc1ccccc1. The van der Waals surface area contributed by atoms with Crippen LogP contribution in [0.2, 0.25) is 0 Å². The van der Waals surface area contributed by atoms with Crippen molar-refractivity contribution >= 4 is 36.1 Å². The van der Waals surface area contributed by atoms with Crippen LogP contribution in [0, 0.1) is 0 Å². The second-order valence-electron chi connectivity index (χ2n) is 20.0. The van der Waals surface area contributed by atoms with Crippen LogP contribution in [0.3, 0.4) is 0 Å². The van der Waals surface area contributed by atoms with Gasteiger partial charge in [0, 0.05) is 26.2 Å². The molecule has 0 aliphatic carbocycles. The normalized spacial score (nSPS) is 24.4. The smallest absolute Gasteiger partial charge is 0.410 e. The number of nitrogens with two attached hydrogens (primary N) is 1. The lowest BCUT2D eigenvalue weighted by Gasteiger charge is -2.34. The second kappa shape index (κ2) is 23.7. The van der Waals surface area contributed by atoms with Crippen molar-refractivity contribution in [1.29, 1.82) is 0 Å². The summed E-state index contributed by atoms with van der Waals surface area (Å²) in [4.78, 5) is 101. The maximum absolute atomic E-state index is 12.9. The minimum atomic E-state index is -0.943. The molecule has 0 aromatic heterocycles. The van der Waals surface area contributed by atoms with Gasteiger partial charge < -0.3 is 34.2 Å². The number of nitrogens with one attached hydrogen (secondary N) is 1. The zero-order chi connectivity index (χ0) is 49.9. The molecule has 4 N–H and O–H groups in total. The third-order valence-electron chi connectivity index (χ3n) is 12.2. The Morgan fingerprint density at radius 1 is 0.623 bits per heavy atom. The van der Waals surface area contributed by atoms with Crippen LogP contribution in [0.25, 0.3) is 0 Å². The van der Waals surface area contributed by atoms with E-state index in [0.717, 1.165) is 43.4 Å². The van der Waals surface area contributed by atoms with E-state index < -0.39 is 29.3 Å². The van der Waals surface area contributed by atoms with E-state index in [9.17, 15) is 28.8 Å².